The van der Waals surface area contributed by atoms with Crippen molar-refractivity contribution in [3.05, 3.63) is 0 Å². The van der Waals surface area contributed by atoms with Crippen LogP contribution < -0.4 is 0 Å². The summed E-state index contributed by atoms with van der Waals surface area (Å²) in [4.78, 5) is 15.5. The van der Waals surface area contributed by atoms with Gasteiger partial charge in [-0.25, -0.2) is 9.79 Å². The quantitative estimate of drug-likeness (QED) is 0.641. The van der Waals surface area contributed by atoms with Crippen LogP contribution in [0.3, 0.4) is 0 Å². The largest absolute Gasteiger partial charge is 0.475 e. The number of esters is 1. The van der Waals surface area contributed by atoms with Crippen LogP contribution in [-0.2, 0) is 19.0 Å². The summed E-state index contributed by atoms with van der Waals surface area (Å²) in [5.41, 5.74) is 0. The summed E-state index contributed by atoms with van der Waals surface area (Å²) < 4.78 is 15.7. The van der Waals surface area contributed by atoms with Crippen molar-refractivity contribution in [2.75, 3.05) is 13.2 Å². The third kappa shape index (κ3) is 2.12. The van der Waals surface area contributed by atoms with Crippen LogP contribution in [0.25, 0.3) is 0 Å². The summed E-state index contributed by atoms with van der Waals surface area (Å²) in [5, 5.41) is 0. The number of hydrogen-bond acceptors (Lipinski definition) is 5. The van der Waals surface area contributed by atoms with Crippen molar-refractivity contribution < 1.29 is 19.0 Å². The summed E-state index contributed by atoms with van der Waals surface area (Å²) in [5.74, 6) is -0.327. The van der Waals surface area contributed by atoms with E-state index in [2.05, 4.69) is 4.99 Å². The lowest BCUT2D eigenvalue weighted by molar-refractivity contribution is -0.148. The predicted molar refractivity (Wildman–Crippen MR) is 52.8 cm³/mol. The molecule has 0 amide bonds. The van der Waals surface area contributed by atoms with Gasteiger partial charge >= 0.3 is 5.97 Å². The fraction of sp³-hybridized carbons (Fsp3) is 0.800. The van der Waals surface area contributed by atoms with E-state index >= 15 is 0 Å². The summed E-state index contributed by atoms with van der Waals surface area (Å²) in [6.07, 6.45) is 2.94. The number of nitrogens with zero attached hydrogens (tertiary/aromatic N) is 1. The Morgan fingerprint density at radius 2 is 2.53 bits per heavy atom. The second kappa shape index (κ2) is 4.61. The van der Waals surface area contributed by atoms with Crippen LogP contribution in [0.2, 0.25) is 0 Å². The van der Waals surface area contributed by atoms with Crippen molar-refractivity contribution in [3.8, 4) is 0 Å². The monoisotopic (exact) mass is 213 g/mol. The molecule has 1 fully saturated rings. The lowest BCUT2D eigenvalue weighted by atomic mass is 10.0. The van der Waals surface area contributed by atoms with E-state index in [4.69, 9.17) is 14.2 Å². The molecule has 2 aliphatic heterocycles. The minimum Gasteiger partial charge on any atom is -0.475 e. The van der Waals surface area contributed by atoms with Gasteiger partial charge in [0.25, 0.3) is 0 Å². The van der Waals surface area contributed by atoms with Gasteiger partial charge in [-0.1, -0.05) is 0 Å². The lowest BCUT2D eigenvalue weighted by Gasteiger charge is -2.21. The first-order chi connectivity index (χ1) is 7.33. The second-order valence-electron chi connectivity index (χ2n) is 3.60. The first kappa shape index (κ1) is 10.4. The molecule has 84 valence electrons. The molecule has 0 spiro atoms. The zero-order valence-electron chi connectivity index (χ0n) is 8.72. The Morgan fingerprint density at radius 1 is 1.67 bits per heavy atom. The van der Waals surface area contributed by atoms with Gasteiger partial charge in [0.1, 0.15) is 0 Å². The van der Waals surface area contributed by atoms with Crippen molar-refractivity contribution in [2.24, 2.45) is 4.99 Å². The van der Waals surface area contributed by atoms with Gasteiger partial charge in [0, 0.05) is 6.61 Å². The fourth-order valence-electron chi connectivity index (χ4n) is 1.91. The first-order valence-electron chi connectivity index (χ1n) is 5.28. The summed E-state index contributed by atoms with van der Waals surface area (Å²) in [6.45, 7) is 2.88. The van der Waals surface area contributed by atoms with E-state index in [0.29, 0.717) is 6.61 Å². The van der Waals surface area contributed by atoms with Crippen molar-refractivity contribution in [1.29, 1.82) is 0 Å². The Labute approximate surface area is 88.4 Å². The molecular weight excluding hydrogens is 198 g/mol. The van der Waals surface area contributed by atoms with Crippen LogP contribution in [0.5, 0.6) is 0 Å². The molecule has 0 radical (unpaired) electrons. The van der Waals surface area contributed by atoms with E-state index < -0.39 is 6.04 Å². The van der Waals surface area contributed by atoms with Crippen LogP contribution in [-0.4, -0.2) is 43.8 Å². The third-order valence-electron chi connectivity index (χ3n) is 2.61. The predicted octanol–water partition coefficient (Wildman–Crippen LogP) is 0.524. The van der Waals surface area contributed by atoms with Gasteiger partial charge in [-0.2, -0.15) is 0 Å². The zero-order valence-corrected chi connectivity index (χ0v) is 8.72. The molecule has 0 bridgehead atoms. The fourth-order valence-corrected chi connectivity index (χ4v) is 1.91. The van der Waals surface area contributed by atoms with E-state index in [0.717, 1.165) is 19.4 Å². The van der Waals surface area contributed by atoms with Gasteiger partial charge in [0.05, 0.1) is 12.7 Å². The topological polar surface area (TPSA) is 57.1 Å². The van der Waals surface area contributed by atoms with E-state index in [1.165, 1.54) is 6.40 Å². The highest BCUT2D eigenvalue weighted by Gasteiger charge is 2.41. The SMILES string of the molecule is CCOC(=O)C1N=COC1C1CCCO1. The second-order valence-corrected chi connectivity index (χ2v) is 3.60. The molecule has 0 aromatic rings. The molecule has 0 aromatic heterocycles. The Morgan fingerprint density at radius 3 is 3.20 bits per heavy atom. The number of carbonyl (C=O) groups is 1. The van der Waals surface area contributed by atoms with Gasteiger partial charge < -0.3 is 14.2 Å². The van der Waals surface area contributed by atoms with Crippen LogP contribution >= 0.6 is 0 Å². The minimum atomic E-state index is -0.548. The van der Waals surface area contributed by atoms with Crippen molar-refractivity contribution in [3.63, 3.8) is 0 Å². The number of rotatable bonds is 3. The van der Waals surface area contributed by atoms with Crippen molar-refractivity contribution >= 4 is 12.4 Å². The molecule has 3 unspecified atom stereocenters. The molecular formula is C10H15NO4. The third-order valence-corrected chi connectivity index (χ3v) is 2.61. The molecule has 1 saturated heterocycles. The average molecular weight is 213 g/mol. The number of aliphatic imine (C=N–C) groups is 1. The highest BCUT2D eigenvalue weighted by atomic mass is 16.6. The number of hydrogen-bond donors (Lipinski definition) is 0. The minimum absolute atomic E-state index is 0.0260. The first-order valence-corrected chi connectivity index (χ1v) is 5.28. The summed E-state index contributed by atoms with van der Waals surface area (Å²) >= 11 is 0. The van der Waals surface area contributed by atoms with E-state index in [1.54, 1.807) is 6.92 Å². The molecule has 2 heterocycles. The molecule has 5 nitrogen and oxygen atoms in total. The molecule has 0 N–H and O–H groups in total. The Kier molecular flexibility index (Phi) is 3.20. The van der Waals surface area contributed by atoms with Crippen molar-refractivity contribution in [2.45, 2.75) is 38.0 Å². The molecule has 0 aliphatic carbocycles. The molecule has 0 saturated carbocycles. The van der Waals surface area contributed by atoms with Crippen LogP contribution in [0, 0.1) is 0 Å². The smallest absolute Gasteiger partial charge is 0.334 e. The maximum atomic E-state index is 11.5. The van der Waals surface area contributed by atoms with Gasteiger partial charge in [-0.05, 0) is 19.8 Å². The zero-order chi connectivity index (χ0) is 10.7. The van der Waals surface area contributed by atoms with Crippen LogP contribution in [0.15, 0.2) is 4.99 Å². The van der Waals surface area contributed by atoms with Gasteiger partial charge in [-0.3, -0.25) is 0 Å². The normalized spacial score (nSPS) is 34.1. The van der Waals surface area contributed by atoms with Crippen LogP contribution in [0.4, 0.5) is 0 Å². The molecule has 15 heavy (non-hydrogen) atoms. The van der Waals surface area contributed by atoms with E-state index in [1.807, 2.05) is 0 Å². The van der Waals surface area contributed by atoms with Gasteiger partial charge in [-0.15, -0.1) is 0 Å². The lowest BCUT2D eigenvalue weighted by Crippen LogP contribution is -2.40. The molecule has 2 rings (SSSR count). The molecule has 2 aliphatic rings. The highest BCUT2D eigenvalue weighted by molar-refractivity contribution is 5.80. The van der Waals surface area contributed by atoms with Gasteiger partial charge in [0.15, 0.2) is 18.5 Å². The van der Waals surface area contributed by atoms with Crippen LogP contribution in [0.1, 0.15) is 19.8 Å². The number of carbonyl (C=O) groups excluding carboxylic acids is 1. The average Bonchev–Trinajstić information content (AvgIpc) is 2.88. The summed E-state index contributed by atoms with van der Waals surface area (Å²) in [6, 6.07) is -0.548. The van der Waals surface area contributed by atoms with Crippen molar-refractivity contribution in [1.82, 2.24) is 0 Å². The summed E-state index contributed by atoms with van der Waals surface area (Å²) in [7, 11) is 0. The molecule has 5 heteroatoms. The van der Waals surface area contributed by atoms with E-state index in [-0.39, 0.29) is 18.2 Å². The number of ether oxygens (including phenoxy) is 3. The molecule has 3 atom stereocenters. The maximum Gasteiger partial charge on any atom is 0.334 e. The maximum absolute atomic E-state index is 11.5. The van der Waals surface area contributed by atoms with Gasteiger partial charge in [0.2, 0.25) is 0 Å². The van der Waals surface area contributed by atoms with E-state index in [9.17, 15) is 4.79 Å². The highest BCUT2D eigenvalue weighted by Crippen LogP contribution is 2.24. The Bertz CT molecular complexity index is 260. The molecule has 0 aromatic carbocycles. The Balaban J connectivity index is 1.97. The Hall–Kier alpha value is -1.10. The standard InChI is InChI=1S/C10H15NO4/c1-2-13-10(12)8-9(15-6-11-8)7-4-3-5-14-7/h6-9H,2-5H2,1H3.